The summed E-state index contributed by atoms with van der Waals surface area (Å²) in [6.45, 7) is 0. The average molecular weight is 237 g/mol. The lowest BCUT2D eigenvalue weighted by Gasteiger charge is -2.06. The predicted molar refractivity (Wildman–Crippen MR) is 48.5 cm³/mol. The highest BCUT2D eigenvalue weighted by atomic mass is 35.5. The van der Waals surface area contributed by atoms with Crippen molar-refractivity contribution in [2.24, 2.45) is 0 Å². The predicted octanol–water partition coefficient (Wildman–Crippen LogP) is 3.28. The maximum Gasteiger partial charge on any atom is 0.281 e. The number of nitriles is 1. The summed E-state index contributed by atoms with van der Waals surface area (Å²) in [6.07, 6.45) is -2.83. The van der Waals surface area contributed by atoms with Gasteiger partial charge in [-0.25, -0.2) is 13.8 Å². The molecule has 0 spiro atoms. The number of alkyl halides is 3. The van der Waals surface area contributed by atoms with Crippen LogP contribution in [0.25, 0.3) is 0 Å². The van der Waals surface area contributed by atoms with Crippen LogP contribution >= 0.6 is 23.2 Å². The quantitative estimate of drug-likeness (QED) is 0.584. The molecule has 0 aliphatic heterocycles. The van der Waals surface area contributed by atoms with E-state index >= 15 is 0 Å². The van der Waals surface area contributed by atoms with Gasteiger partial charge >= 0.3 is 0 Å². The van der Waals surface area contributed by atoms with E-state index in [2.05, 4.69) is 4.98 Å². The summed E-state index contributed by atoms with van der Waals surface area (Å²) in [7, 11) is 0. The van der Waals surface area contributed by atoms with Crippen LogP contribution in [0.3, 0.4) is 0 Å². The molecule has 1 aromatic heterocycles. The Hall–Kier alpha value is -0.920. The van der Waals surface area contributed by atoms with E-state index in [0.717, 1.165) is 0 Å². The molecule has 0 aliphatic rings. The van der Waals surface area contributed by atoms with Gasteiger partial charge in [-0.15, -0.1) is 11.6 Å². The molecule has 0 radical (unpaired) electrons. The minimum Gasteiger partial charge on any atom is -0.234 e. The largest absolute Gasteiger partial charge is 0.281 e. The molecule has 0 aromatic carbocycles. The van der Waals surface area contributed by atoms with Gasteiger partial charge in [0.05, 0.1) is 5.56 Å². The highest BCUT2D eigenvalue weighted by Gasteiger charge is 2.18. The van der Waals surface area contributed by atoms with Crippen molar-refractivity contribution in [3.8, 4) is 6.07 Å². The van der Waals surface area contributed by atoms with Crippen LogP contribution in [0.5, 0.6) is 0 Å². The van der Waals surface area contributed by atoms with Crippen LogP contribution in [0.1, 0.15) is 23.2 Å². The van der Waals surface area contributed by atoms with Crippen LogP contribution in [0.2, 0.25) is 5.15 Å². The second kappa shape index (κ2) is 4.54. The zero-order valence-corrected chi connectivity index (χ0v) is 8.28. The van der Waals surface area contributed by atoms with Crippen LogP contribution in [-0.2, 0) is 5.88 Å². The second-order valence-electron chi connectivity index (χ2n) is 2.41. The Balaban J connectivity index is 3.41. The molecule has 0 fully saturated rings. The molecule has 1 rings (SSSR count). The Bertz CT molecular complexity index is 388. The standard InChI is InChI=1S/C8H4Cl2F2N2/c9-2-4-1-6(10)14-7(8(11)12)5(4)3-13/h1,8H,2H2. The van der Waals surface area contributed by atoms with Gasteiger partial charge in [-0.1, -0.05) is 11.6 Å². The lowest BCUT2D eigenvalue weighted by atomic mass is 10.1. The van der Waals surface area contributed by atoms with Gasteiger partial charge < -0.3 is 0 Å². The van der Waals surface area contributed by atoms with Crippen LogP contribution in [0.4, 0.5) is 8.78 Å². The molecule has 0 unspecified atom stereocenters. The molecule has 1 heterocycles. The third-order valence-electron chi connectivity index (χ3n) is 1.56. The van der Waals surface area contributed by atoms with E-state index < -0.39 is 12.1 Å². The molecule has 1 aromatic rings. The van der Waals surface area contributed by atoms with Crippen molar-refractivity contribution >= 4 is 23.2 Å². The third-order valence-corrected chi connectivity index (χ3v) is 2.04. The number of halogens is 4. The van der Waals surface area contributed by atoms with E-state index in [9.17, 15) is 8.78 Å². The maximum absolute atomic E-state index is 12.4. The second-order valence-corrected chi connectivity index (χ2v) is 3.06. The van der Waals surface area contributed by atoms with Crippen molar-refractivity contribution in [2.75, 3.05) is 0 Å². The molecule has 0 N–H and O–H groups in total. The summed E-state index contributed by atoms with van der Waals surface area (Å²) in [4.78, 5) is 3.39. The average Bonchev–Trinajstić information content (AvgIpc) is 2.16. The molecule has 6 heteroatoms. The molecular weight excluding hydrogens is 233 g/mol. The smallest absolute Gasteiger partial charge is 0.234 e. The van der Waals surface area contributed by atoms with Gasteiger partial charge in [-0.05, 0) is 11.6 Å². The minimum absolute atomic E-state index is 0.0507. The first-order chi connectivity index (χ1) is 6.60. The number of hydrogen-bond donors (Lipinski definition) is 0. The number of nitrogens with zero attached hydrogens (tertiary/aromatic N) is 2. The van der Waals surface area contributed by atoms with E-state index in [1.54, 1.807) is 6.07 Å². The lowest BCUT2D eigenvalue weighted by Crippen LogP contribution is -2.00. The Morgan fingerprint density at radius 3 is 2.64 bits per heavy atom. The first-order valence-electron chi connectivity index (χ1n) is 3.53. The highest BCUT2D eigenvalue weighted by Crippen LogP contribution is 2.26. The zero-order valence-electron chi connectivity index (χ0n) is 6.77. The van der Waals surface area contributed by atoms with Gasteiger partial charge in [0.25, 0.3) is 6.43 Å². The summed E-state index contributed by atoms with van der Waals surface area (Å²) in [6, 6.07) is 2.94. The summed E-state index contributed by atoms with van der Waals surface area (Å²) in [5.41, 5.74) is -0.542. The van der Waals surface area contributed by atoms with Crippen molar-refractivity contribution in [3.05, 3.63) is 28.0 Å². The molecule has 0 atom stereocenters. The van der Waals surface area contributed by atoms with E-state index in [4.69, 9.17) is 28.5 Å². The Morgan fingerprint density at radius 2 is 2.21 bits per heavy atom. The number of hydrogen-bond acceptors (Lipinski definition) is 2. The number of pyridine rings is 1. The van der Waals surface area contributed by atoms with Gasteiger partial charge in [0.1, 0.15) is 16.9 Å². The number of rotatable bonds is 2. The fraction of sp³-hybridized carbons (Fsp3) is 0.250. The van der Waals surface area contributed by atoms with Gasteiger partial charge in [0.2, 0.25) is 0 Å². The molecule has 0 bridgehead atoms. The fourth-order valence-corrected chi connectivity index (χ4v) is 1.41. The third kappa shape index (κ3) is 2.11. The van der Waals surface area contributed by atoms with Gasteiger partial charge in [0.15, 0.2) is 0 Å². The summed E-state index contributed by atoms with van der Waals surface area (Å²) in [5, 5.41) is 8.56. The van der Waals surface area contributed by atoms with Crippen molar-refractivity contribution in [1.29, 1.82) is 5.26 Å². The van der Waals surface area contributed by atoms with Crippen molar-refractivity contribution in [1.82, 2.24) is 4.98 Å². The Labute approximate surface area is 89.1 Å². The van der Waals surface area contributed by atoms with Crippen molar-refractivity contribution < 1.29 is 8.78 Å². The highest BCUT2D eigenvalue weighted by molar-refractivity contribution is 6.29. The molecule has 2 nitrogen and oxygen atoms in total. The summed E-state index contributed by atoms with van der Waals surface area (Å²) >= 11 is 11.0. The van der Waals surface area contributed by atoms with E-state index in [-0.39, 0.29) is 22.2 Å². The Morgan fingerprint density at radius 1 is 1.57 bits per heavy atom. The minimum atomic E-state index is -2.83. The fourth-order valence-electron chi connectivity index (χ4n) is 0.976. The topological polar surface area (TPSA) is 36.7 Å². The van der Waals surface area contributed by atoms with Gasteiger partial charge in [-0.3, -0.25) is 0 Å². The van der Waals surface area contributed by atoms with Crippen LogP contribution in [-0.4, -0.2) is 4.98 Å². The number of aromatic nitrogens is 1. The first kappa shape index (κ1) is 11.2. The lowest BCUT2D eigenvalue weighted by molar-refractivity contribution is 0.145. The summed E-state index contributed by atoms with van der Waals surface area (Å²) in [5.74, 6) is -0.0507. The van der Waals surface area contributed by atoms with Crippen LogP contribution in [0, 0.1) is 11.3 Å². The molecule has 74 valence electrons. The monoisotopic (exact) mass is 236 g/mol. The summed E-state index contributed by atoms with van der Waals surface area (Å²) < 4.78 is 24.8. The molecule has 0 saturated carbocycles. The SMILES string of the molecule is N#Cc1c(CCl)cc(Cl)nc1C(F)F. The first-order valence-corrected chi connectivity index (χ1v) is 4.45. The molecule has 0 saturated heterocycles. The molecule has 0 aliphatic carbocycles. The van der Waals surface area contributed by atoms with Crippen LogP contribution in [0.15, 0.2) is 6.07 Å². The molecule has 14 heavy (non-hydrogen) atoms. The van der Waals surface area contributed by atoms with E-state index in [1.165, 1.54) is 6.07 Å². The Kier molecular flexibility index (Phi) is 3.62. The van der Waals surface area contributed by atoms with Crippen LogP contribution < -0.4 is 0 Å². The van der Waals surface area contributed by atoms with Crippen molar-refractivity contribution in [3.63, 3.8) is 0 Å². The van der Waals surface area contributed by atoms with E-state index in [0.29, 0.717) is 0 Å². The zero-order chi connectivity index (χ0) is 10.7. The van der Waals surface area contributed by atoms with Crippen molar-refractivity contribution in [2.45, 2.75) is 12.3 Å². The molecular formula is C8H4Cl2F2N2. The van der Waals surface area contributed by atoms with E-state index in [1.807, 2.05) is 0 Å². The maximum atomic E-state index is 12.4. The van der Waals surface area contributed by atoms with Gasteiger partial charge in [-0.2, -0.15) is 5.26 Å². The normalized spacial score (nSPS) is 10.3. The molecule has 0 amide bonds. The van der Waals surface area contributed by atoms with Gasteiger partial charge in [0, 0.05) is 5.88 Å².